The number of pyridine rings is 1. The first-order chi connectivity index (χ1) is 10.1. The minimum Gasteiger partial charge on any atom is -0.477 e. The van der Waals surface area contributed by atoms with Gasteiger partial charge in [0.15, 0.2) is 5.69 Å². The molecule has 110 valence electrons. The third-order valence-electron chi connectivity index (χ3n) is 4.01. The summed E-state index contributed by atoms with van der Waals surface area (Å²) in [5, 5.41) is 14.4. The molecule has 0 bridgehead atoms. The molecule has 2 N–H and O–H groups in total. The van der Waals surface area contributed by atoms with Gasteiger partial charge in [0.2, 0.25) is 0 Å². The summed E-state index contributed by atoms with van der Waals surface area (Å²) in [4.78, 5) is 17.8. The number of rotatable bonds is 4. The molecule has 1 aliphatic heterocycles. The summed E-state index contributed by atoms with van der Waals surface area (Å²) < 4.78 is 0. The fourth-order valence-electron chi connectivity index (χ4n) is 2.88. The van der Waals surface area contributed by atoms with Crippen LogP contribution in [0.4, 0.5) is 5.82 Å². The van der Waals surface area contributed by atoms with E-state index in [2.05, 4.69) is 22.2 Å². The lowest BCUT2D eigenvalue weighted by Crippen LogP contribution is -2.20. The van der Waals surface area contributed by atoms with Gasteiger partial charge < -0.3 is 15.3 Å². The summed E-state index contributed by atoms with van der Waals surface area (Å²) in [5.41, 5.74) is 0.0831. The van der Waals surface area contributed by atoms with Crippen molar-refractivity contribution in [3.8, 4) is 0 Å². The highest BCUT2D eigenvalue weighted by atomic mass is 16.4. The third kappa shape index (κ3) is 2.97. The number of hydrogen-bond donors (Lipinski definition) is 2. The van der Waals surface area contributed by atoms with Crippen LogP contribution in [0.2, 0.25) is 0 Å². The number of likely N-dealkylation sites (tertiary alicyclic amines) is 1. The van der Waals surface area contributed by atoms with Gasteiger partial charge in [0.25, 0.3) is 0 Å². The van der Waals surface area contributed by atoms with Gasteiger partial charge in [-0.3, -0.25) is 0 Å². The summed E-state index contributed by atoms with van der Waals surface area (Å²) in [6.07, 6.45) is 1.17. The van der Waals surface area contributed by atoms with Crippen molar-refractivity contribution in [2.75, 3.05) is 32.0 Å². The van der Waals surface area contributed by atoms with Crippen molar-refractivity contribution in [1.82, 2.24) is 9.88 Å². The third-order valence-corrected chi connectivity index (χ3v) is 4.01. The molecule has 1 atom stereocenters. The number of carboxylic acid groups (broad SMARTS) is 1. The second kappa shape index (κ2) is 5.69. The Kier molecular flexibility index (Phi) is 3.75. The van der Waals surface area contributed by atoms with Crippen molar-refractivity contribution >= 4 is 22.6 Å². The van der Waals surface area contributed by atoms with Gasteiger partial charge in [0.1, 0.15) is 5.82 Å². The molecule has 1 saturated heterocycles. The SMILES string of the molecule is CN1CCC(CNc2nc(C(=O)O)cc3ccccc23)C1. The maximum absolute atomic E-state index is 11.2. The zero-order chi connectivity index (χ0) is 14.8. The molecule has 2 heterocycles. The highest BCUT2D eigenvalue weighted by Crippen LogP contribution is 2.24. The fourth-order valence-corrected chi connectivity index (χ4v) is 2.88. The van der Waals surface area contributed by atoms with Gasteiger partial charge in [-0.25, -0.2) is 9.78 Å². The van der Waals surface area contributed by atoms with E-state index in [4.69, 9.17) is 0 Å². The lowest BCUT2D eigenvalue weighted by atomic mass is 10.1. The van der Waals surface area contributed by atoms with E-state index in [1.807, 2.05) is 24.3 Å². The average molecular weight is 285 g/mol. The summed E-state index contributed by atoms with van der Waals surface area (Å²) in [5.74, 6) is 0.258. The molecule has 2 aromatic rings. The second-order valence-electron chi connectivity index (χ2n) is 5.68. The zero-order valence-electron chi connectivity index (χ0n) is 12.0. The van der Waals surface area contributed by atoms with Crippen LogP contribution in [0, 0.1) is 5.92 Å². The predicted molar refractivity (Wildman–Crippen MR) is 82.8 cm³/mol. The van der Waals surface area contributed by atoms with E-state index in [1.54, 1.807) is 6.07 Å². The fraction of sp³-hybridized carbons (Fsp3) is 0.375. The minimum atomic E-state index is -0.996. The van der Waals surface area contributed by atoms with Crippen LogP contribution in [-0.4, -0.2) is 47.6 Å². The van der Waals surface area contributed by atoms with Gasteiger partial charge in [-0.2, -0.15) is 0 Å². The molecule has 0 spiro atoms. The number of nitrogens with zero attached hydrogens (tertiary/aromatic N) is 2. The minimum absolute atomic E-state index is 0.0831. The van der Waals surface area contributed by atoms with Crippen LogP contribution in [0.5, 0.6) is 0 Å². The summed E-state index contributed by atoms with van der Waals surface area (Å²) in [7, 11) is 2.12. The van der Waals surface area contributed by atoms with Crippen LogP contribution < -0.4 is 5.32 Å². The van der Waals surface area contributed by atoms with E-state index in [0.29, 0.717) is 11.7 Å². The van der Waals surface area contributed by atoms with Gasteiger partial charge in [0.05, 0.1) is 0 Å². The molecule has 1 aromatic carbocycles. The van der Waals surface area contributed by atoms with Crippen molar-refractivity contribution in [3.63, 3.8) is 0 Å². The number of carboxylic acids is 1. The topological polar surface area (TPSA) is 65.5 Å². The maximum atomic E-state index is 11.2. The van der Waals surface area contributed by atoms with Crippen LogP contribution in [0.3, 0.4) is 0 Å². The van der Waals surface area contributed by atoms with E-state index in [0.717, 1.165) is 30.4 Å². The number of fused-ring (bicyclic) bond motifs is 1. The molecule has 5 nitrogen and oxygen atoms in total. The largest absolute Gasteiger partial charge is 0.477 e. The Morgan fingerprint density at radius 1 is 1.48 bits per heavy atom. The summed E-state index contributed by atoms with van der Waals surface area (Å²) >= 11 is 0. The number of benzene rings is 1. The van der Waals surface area contributed by atoms with Crippen molar-refractivity contribution < 1.29 is 9.90 Å². The number of aromatic carboxylic acids is 1. The van der Waals surface area contributed by atoms with E-state index >= 15 is 0 Å². The highest BCUT2D eigenvalue weighted by molar-refractivity contribution is 5.97. The zero-order valence-corrected chi connectivity index (χ0v) is 12.0. The Labute approximate surface area is 123 Å². The Morgan fingerprint density at radius 3 is 3.00 bits per heavy atom. The lowest BCUT2D eigenvalue weighted by Gasteiger charge is -2.14. The highest BCUT2D eigenvalue weighted by Gasteiger charge is 2.19. The standard InChI is InChI=1S/C16H19N3O2/c1-19-7-6-11(10-19)9-17-15-13-5-3-2-4-12(13)8-14(18-15)16(20)21/h2-5,8,11H,6-7,9-10H2,1H3,(H,17,18)(H,20,21). The molecule has 0 aliphatic carbocycles. The molecule has 5 heteroatoms. The van der Waals surface area contributed by atoms with Gasteiger partial charge in [-0.05, 0) is 37.4 Å². The summed E-state index contributed by atoms with van der Waals surface area (Å²) in [6, 6.07) is 9.35. The molecule has 3 rings (SSSR count). The van der Waals surface area contributed by atoms with Crippen LogP contribution in [0.1, 0.15) is 16.9 Å². The lowest BCUT2D eigenvalue weighted by molar-refractivity contribution is 0.0691. The average Bonchev–Trinajstić information content (AvgIpc) is 2.90. The number of carbonyl (C=O) groups is 1. The van der Waals surface area contributed by atoms with Gasteiger partial charge >= 0.3 is 5.97 Å². The van der Waals surface area contributed by atoms with E-state index in [1.165, 1.54) is 6.42 Å². The van der Waals surface area contributed by atoms with E-state index < -0.39 is 5.97 Å². The number of nitrogens with one attached hydrogen (secondary N) is 1. The molecular formula is C16H19N3O2. The quantitative estimate of drug-likeness (QED) is 0.902. The number of hydrogen-bond acceptors (Lipinski definition) is 4. The monoisotopic (exact) mass is 285 g/mol. The van der Waals surface area contributed by atoms with Crippen LogP contribution in [0.15, 0.2) is 30.3 Å². The van der Waals surface area contributed by atoms with E-state index in [-0.39, 0.29) is 5.69 Å². The molecule has 1 aromatic heterocycles. The molecule has 21 heavy (non-hydrogen) atoms. The summed E-state index contributed by atoms with van der Waals surface area (Å²) in [6.45, 7) is 3.02. The van der Waals surface area contributed by atoms with E-state index in [9.17, 15) is 9.90 Å². The molecule has 1 unspecified atom stereocenters. The van der Waals surface area contributed by atoms with Crippen LogP contribution in [0.25, 0.3) is 10.8 Å². The second-order valence-corrected chi connectivity index (χ2v) is 5.68. The smallest absolute Gasteiger partial charge is 0.354 e. The van der Waals surface area contributed by atoms with Crippen LogP contribution >= 0.6 is 0 Å². The van der Waals surface area contributed by atoms with Crippen LogP contribution in [-0.2, 0) is 0 Å². The normalized spacial score (nSPS) is 19.0. The van der Waals surface area contributed by atoms with Gasteiger partial charge in [0, 0.05) is 18.5 Å². The Hall–Kier alpha value is -2.14. The Balaban J connectivity index is 1.87. The molecule has 0 saturated carbocycles. The van der Waals surface area contributed by atoms with Crippen molar-refractivity contribution in [2.24, 2.45) is 5.92 Å². The molecule has 1 aliphatic rings. The first-order valence-corrected chi connectivity index (χ1v) is 7.19. The molecule has 1 fully saturated rings. The van der Waals surface area contributed by atoms with Gasteiger partial charge in [-0.1, -0.05) is 24.3 Å². The first-order valence-electron chi connectivity index (χ1n) is 7.19. The number of anilines is 1. The number of aromatic nitrogens is 1. The maximum Gasteiger partial charge on any atom is 0.354 e. The van der Waals surface area contributed by atoms with Crippen molar-refractivity contribution in [3.05, 3.63) is 36.0 Å². The predicted octanol–water partition coefficient (Wildman–Crippen LogP) is 2.30. The molecule has 0 radical (unpaired) electrons. The van der Waals surface area contributed by atoms with Gasteiger partial charge in [-0.15, -0.1) is 0 Å². The Morgan fingerprint density at radius 2 is 2.29 bits per heavy atom. The Bertz CT molecular complexity index is 672. The molecule has 0 amide bonds. The first kappa shape index (κ1) is 13.8. The molecular weight excluding hydrogens is 266 g/mol. The van der Waals surface area contributed by atoms with Crippen molar-refractivity contribution in [1.29, 1.82) is 0 Å². The van der Waals surface area contributed by atoms with Crippen molar-refractivity contribution in [2.45, 2.75) is 6.42 Å².